The summed E-state index contributed by atoms with van der Waals surface area (Å²) in [5, 5.41) is 10.7. The number of nitrogens with zero attached hydrogens (tertiary/aromatic N) is 1. The molecule has 0 aromatic heterocycles. The van der Waals surface area contributed by atoms with Crippen LogP contribution in [0.25, 0.3) is 0 Å². The highest BCUT2D eigenvalue weighted by atomic mass is 35.5. The number of aliphatic hydroxyl groups excluding tert-OH is 1. The normalized spacial score (nSPS) is 19.9. The van der Waals surface area contributed by atoms with Crippen LogP contribution in [-0.2, 0) is 6.42 Å². The Balaban J connectivity index is 2.20. The summed E-state index contributed by atoms with van der Waals surface area (Å²) in [6, 6.07) is 4.96. The molecule has 1 unspecified atom stereocenters. The van der Waals surface area contributed by atoms with Crippen molar-refractivity contribution in [3.8, 4) is 0 Å². The van der Waals surface area contributed by atoms with E-state index >= 15 is 0 Å². The highest BCUT2D eigenvalue weighted by molar-refractivity contribution is 6.30. The molecule has 1 aromatic carbocycles. The largest absolute Gasteiger partial charge is 0.391 e. The molecule has 4 heteroatoms. The third-order valence-corrected chi connectivity index (χ3v) is 4.72. The van der Waals surface area contributed by atoms with Gasteiger partial charge < -0.3 is 10.0 Å². The van der Waals surface area contributed by atoms with Crippen LogP contribution in [0.3, 0.4) is 0 Å². The molecule has 1 fully saturated rings. The van der Waals surface area contributed by atoms with E-state index < -0.39 is 11.9 Å². The summed E-state index contributed by atoms with van der Waals surface area (Å²) in [5.41, 5.74) is 0.266. The topological polar surface area (TPSA) is 23.5 Å². The van der Waals surface area contributed by atoms with Gasteiger partial charge in [0.1, 0.15) is 5.82 Å². The molecule has 0 spiro atoms. The number of hydrogen-bond donors (Lipinski definition) is 1. The van der Waals surface area contributed by atoms with E-state index in [1.807, 2.05) is 14.1 Å². The summed E-state index contributed by atoms with van der Waals surface area (Å²) in [6.45, 7) is 0. The highest BCUT2D eigenvalue weighted by Crippen LogP contribution is 2.38. The molecule has 19 heavy (non-hydrogen) atoms. The summed E-state index contributed by atoms with van der Waals surface area (Å²) in [7, 11) is 3.98. The Bertz CT molecular complexity index is 444. The van der Waals surface area contributed by atoms with Crippen LogP contribution in [0.15, 0.2) is 18.2 Å². The second kappa shape index (κ2) is 5.78. The Hall–Kier alpha value is -0.640. The SMILES string of the molecule is CN(C)C1(C(O)Cc2cccc(Cl)c2F)CCCC1. The monoisotopic (exact) mass is 285 g/mol. The van der Waals surface area contributed by atoms with Crippen molar-refractivity contribution in [2.75, 3.05) is 14.1 Å². The van der Waals surface area contributed by atoms with Gasteiger partial charge in [-0.2, -0.15) is 0 Å². The van der Waals surface area contributed by atoms with Gasteiger partial charge in [0, 0.05) is 12.0 Å². The molecule has 0 saturated heterocycles. The molecule has 0 radical (unpaired) electrons. The van der Waals surface area contributed by atoms with Crippen LogP contribution < -0.4 is 0 Å². The third-order valence-electron chi connectivity index (χ3n) is 4.43. The maximum Gasteiger partial charge on any atom is 0.145 e. The molecule has 0 amide bonds. The van der Waals surface area contributed by atoms with Gasteiger partial charge in [0.05, 0.1) is 11.1 Å². The first-order valence-corrected chi connectivity index (χ1v) is 7.13. The van der Waals surface area contributed by atoms with Crippen molar-refractivity contribution in [2.45, 2.75) is 43.7 Å². The van der Waals surface area contributed by atoms with Crippen molar-refractivity contribution >= 4 is 11.6 Å². The van der Waals surface area contributed by atoms with Crippen LogP contribution in [0.1, 0.15) is 31.2 Å². The van der Waals surface area contributed by atoms with Gasteiger partial charge >= 0.3 is 0 Å². The Kier molecular flexibility index (Phi) is 4.49. The van der Waals surface area contributed by atoms with E-state index in [2.05, 4.69) is 4.90 Å². The van der Waals surface area contributed by atoms with Crippen LogP contribution in [0.5, 0.6) is 0 Å². The summed E-state index contributed by atoms with van der Waals surface area (Å²) in [4.78, 5) is 2.09. The van der Waals surface area contributed by atoms with Gasteiger partial charge in [-0.25, -0.2) is 4.39 Å². The zero-order valence-electron chi connectivity index (χ0n) is 11.5. The molecular weight excluding hydrogens is 265 g/mol. The molecular formula is C15H21ClFNO. The summed E-state index contributed by atoms with van der Waals surface area (Å²) in [5.74, 6) is -0.407. The van der Waals surface area contributed by atoms with Gasteiger partial charge in [0.15, 0.2) is 0 Å². The van der Waals surface area contributed by atoms with Crippen LogP contribution in [0.2, 0.25) is 5.02 Å². The van der Waals surface area contributed by atoms with Gasteiger partial charge in [-0.3, -0.25) is 0 Å². The first kappa shape index (κ1) is 14.8. The zero-order valence-corrected chi connectivity index (χ0v) is 12.3. The van der Waals surface area contributed by atoms with Crippen molar-refractivity contribution < 1.29 is 9.50 Å². The second-order valence-corrected chi connectivity index (χ2v) is 6.05. The van der Waals surface area contributed by atoms with Gasteiger partial charge in [-0.1, -0.05) is 36.6 Å². The summed E-state index contributed by atoms with van der Waals surface area (Å²) >= 11 is 5.79. The average Bonchev–Trinajstić information content (AvgIpc) is 2.85. The van der Waals surface area contributed by atoms with Crippen molar-refractivity contribution in [3.05, 3.63) is 34.6 Å². The highest BCUT2D eigenvalue weighted by Gasteiger charge is 2.42. The first-order chi connectivity index (χ1) is 8.97. The van der Waals surface area contributed by atoms with E-state index in [1.54, 1.807) is 12.1 Å². The van der Waals surface area contributed by atoms with E-state index in [9.17, 15) is 9.50 Å². The van der Waals surface area contributed by atoms with Crippen molar-refractivity contribution in [2.24, 2.45) is 0 Å². The minimum absolute atomic E-state index is 0.120. The number of hydrogen-bond acceptors (Lipinski definition) is 2. The van der Waals surface area contributed by atoms with Crippen molar-refractivity contribution in [3.63, 3.8) is 0 Å². The van der Waals surface area contributed by atoms with Crippen LogP contribution >= 0.6 is 11.6 Å². The quantitative estimate of drug-likeness (QED) is 0.918. The zero-order chi connectivity index (χ0) is 14.0. The molecule has 1 aliphatic rings. The fourth-order valence-corrected chi connectivity index (χ4v) is 3.36. The van der Waals surface area contributed by atoms with Gasteiger partial charge in [0.25, 0.3) is 0 Å². The van der Waals surface area contributed by atoms with Crippen molar-refractivity contribution in [1.29, 1.82) is 0 Å². The fourth-order valence-electron chi connectivity index (χ4n) is 3.17. The Morgan fingerprint density at radius 2 is 2.00 bits per heavy atom. The molecule has 1 aliphatic carbocycles. The predicted molar refractivity (Wildman–Crippen MR) is 76.0 cm³/mol. The molecule has 1 saturated carbocycles. The van der Waals surface area contributed by atoms with Gasteiger partial charge in [-0.15, -0.1) is 0 Å². The van der Waals surface area contributed by atoms with E-state index in [0.29, 0.717) is 12.0 Å². The maximum atomic E-state index is 13.9. The maximum absolute atomic E-state index is 13.9. The lowest BCUT2D eigenvalue weighted by molar-refractivity contribution is -0.00292. The molecule has 1 atom stereocenters. The number of halogens is 2. The average molecular weight is 286 g/mol. The lowest BCUT2D eigenvalue weighted by atomic mass is 9.85. The van der Waals surface area contributed by atoms with Crippen LogP contribution in [-0.4, -0.2) is 35.7 Å². The minimum atomic E-state index is -0.571. The van der Waals surface area contributed by atoms with E-state index in [4.69, 9.17) is 11.6 Å². The predicted octanol–water partition coefficient (Wildman–Crippen LogP) is 3.26. The number of aliphatic hydroxyl groups is 1. The lowest BCUT2D eigenvalue weighted by Gasteiger charge is -2.40. The van der Waals surface area contributed by atoms with E-state index in [1.165, 1.54) is 6.07 Å². The molecule has 1 aromatic rings. The number of likely N-dealkylation sites (N-methyl/N-ethyl adjacent to an activating group) is 1. The number of benzene rings is 1. The van der Waals surface area contributed by atoms with Gasteiger partial charge in [-0.05, 0) is 38.6 Å². The standard InChI is InChI=1S/C15H21ClFNO/c1-18(2)15(8-3-4-9-15)13(19)10-11-6-5-7-12(16)14(11)17/h5-7,13,19H,3-4,8-10H2,1-2H3. The second-order valence-electron chi connectivity index (χ2n) is 5.64. The Morgan fingerprint density at radius 3 is 2.58 bits per heavy atom. The molecule has 106 valence electrons. The summed E-state index contributed by atoms with van der Waals surface area (Å²) in [6.07, 6.45) is 3.90. The Morgan fingerprint density at radius 1 is 1.37 bits per heavy atom. The van der Waals surface area contributed by atoms with E-state index in [-0.39, 0.29) is 10.6 Å². The molecule has 0 aliphatic heterocycles. The first-order valence-electron chi connectivity index (χ1n) is 6.76. The smallest absolute Gasteiger partial charge is 0.145 e. The minimum Gasteiger partial charge on any atom is -0.391 e. The fraction of sp³-hybridized carbons (Fsp3) is 0.600. The van der Waals surface area contributed by atoms with Crippen LogP contribution in [0.4, 0.5) is 4.39 Å². The van der Waals surface area contributed by atoms with Crippen molar-refractivity contribution in [1.82, 2.24) is 4.90 Å². The lowest BCUT2D eigenvalue weighted by Crippen LogP contribution is -2.52. The molecule has 2 rings (SSSR count). The molecule has 2 nitrogen and oxygen atoms in total. The van der Waals surface area contributed by atoms with E-state index in [0.717, 1.165) is 25.7 Å². The summed E-state index contributed by atoms with van der Waals surface area (Å²) < 4.78 is 13.9. The molecule has 0 bridgehead atoms. The molecule has 1 N–H and O–H groups in total. The Labute approximate surface area is 119 Å². The molecule has 0 heterocycles. The van der Waals surface area contributed by atoms with Gasteiger partial charge in [0.2, 0.25) is 0 Å². The van der Waals surface area contributed by atoms with Crippen LogP contribution in [0, 0.1) is 5.82 Å². The number of rotatable bonds is 4. The third kappa shape index (κ3) is 2.78.